The molecule has 94 valence electrons. The molecular weight excluding hydrogens is 222 g/mol. The molecule has 1 rings (SSSR count). The fraction of sp³-hybridized carbons (Fsp3) is 0.364. The Hall–Kier alpha value is -1.63. The second kappa shape index (κ2) is 6.19. The summed E-state index contributed by atoms with van der Waals surface area (Å²) in [5, 5.41) is 22.0. The second-order valence-corrected chi connectivity index (χ2v) is 3.72. The number of hydrazine groups is 1. The minimum atomic E-state index is -1.07. The van der Waals surface area contributed by atoms with E-state index in [0.717, 1.165) is 0 Å². The topological polar surface area (TPSA) is 108 Å². The smallest absolute Gasteiger partial charge is 0.216 e. The van der Waals surface area contributed by atoms with Crippen molar-refractivity contribution in [3.8, 4) is 0 Å². The van der Waals surface area contributed by atoms with Crippen LogP contribution >= 0.6 is 0 Å². The lowest BCUT2D eigenvalue weighted by molar-refractivity contribution is -0.119. The minimum absolute atomic E-state index is 0.00319. The lowest BCUT2D eigenvalue weighted by Gasteiger charge is -2.18. The summed E-state index contributed by atoms with van der Waals surface area (Å²) in [5.41, 5.74) is 3.61. The van der Waals surface area contributed by atoms with E-state index in [2.05, 4.69) is 10.7 Å². The van der Waals surface area contributed by atoms with Crippen molar-refractivity contribution in [3.63, 3.8) is 0 Å². The zero-order chi connectivity index (χ0) is 12.8. The first kappa shape index (κ1) is 13.4. The van der Waals surface area contributed by atoms with Crippen molar-refractivity contribution in [2.75, 3.05) is 12.0 Å². The van der Waals surface area contributed by atoms with Crippen molar-refractivity contribution in [1.29, 1.82) is 0 Å². The molecule has 0 aliphatic heterocycles. The van der Waals surface area contributed by atoms with E-state index in [1.165, 1.54) is 6.92 Å². The van der Waals surface area contributed by atoms with Gasteiger partial charge in [0, 0.05) is 19.2 Å². The van der Waals surface area contributed by atoms with Gasteiger partial charge in [-0.05, 0) is 17.7 Å². The van der Waals surface area contributed by atoms with Crippen LogP contribution in [-0.4, -0.2) is 28.8 Å². The zero-order valence-electron chi connectivity index (χ0n) is 9.55. The van der Waals surface area contributed by atoms with E-state index < -0.39 is 12.2 Å². The first-order valence-electron chi connectivity index (χ1n) is 5.21. The molecule has 2 atom stereocenters. The van der Waals surface area contributed by atoms with Gasteiger partial charge in [0.1, 0.15) is 12.2 Å². The molecule has 2 unspecified atom stereocenters. The van der Waals surface area contributed by atoms with E-state index in [0.29, 0.717) is 11.3 Å². The van der Waals surface area contributed by atoms with Crippen molar-refractivity contribution < 1.29 is 15.0 Å². The van der Waals surface area contributed by atoms with Gasteiger partial charge in [0.25, 0.3) is 0 Å². The van der Waals surface area contributed by atoms with Gasteiger partial charge in [-0.1, -0.05) is 12.1 Å². The summed E-state index contributed by atoms with van der Waals surface area (Å²) in [5.74, 6) is 4.99. The molecular formula is C11H17N3O3. The van der Waals surface area contributed by atoms with Gasteiger partial charge in [0.05, 0.1) is 0 Å². The summed E-state index contributed by atoms with van der Waals surface area (Å²) in [6.07, 6.45) is -2.14. The summed E-state index contributed by atoms with van der Waals surface area (Å²) in [7, 11) is 0. The number of nitrogens with one attached hydrogen (secondary N) is 2. The van der Waals surface area contributed by atoms with Crippen LogP contribution < -0.4 is 16.6 Å². The standard InChI is InChI=1S/C11H17N3O3/c1-7(15)13-6-10(16)11(17)8-3-2-4-9(5-8)14-12/h2-5,10-11,14,16-17H,6,12H2,1H3,(H,13,15). The molecule has 0 spiro atoms. The maximum Gasteiger partial charge on any atom is 0.216 e. The van der Waals surface area contributed by atoms with Gasteiger partial charge in [0.2, 0.25) is 5.91 Å². The highest BCUT2D eigenvalue weighted by Crippen LogP contribution is 2.19. The monoisotopic (exact) mass is 239 g/mol. The summed E-state index contributed by atoms with van der Waals surface area (Å²) < 4.78 is 0. The van der Waals surface area contributed by atoms with Crippen molar-refractivity contribution in [1.82, 2.24) is 5.32 Å². The normalized spacial score (nSPS) is 13.9. The lowest BCUT2D eigenvalue weighted by atomic mass is 10.0. The molecule has 0 fully saturated rings. The van der Waals surface area contributed by atoms with E-state index in [4.69, 9.17) is 5.84 Å². The molecule has 0 radical (unpaired) electrons. The molecule has 0 aliphatic carbocycles. The number of hydrogen-bond acceptors (Lipinski definition) is 5. The van der Waals surface area contributed by atoms with E-state index in [1.807, 2.05) is 0 Å². The van der Waals surface area contributed by atoms with Crippen LogP contribution in [0.1, 0.15) is 18.6 Å². The Balaban J connectivity index is 2.66. The highest BCUT2D eigenvalue weighted by molar-refractivity contribution is 5.72. The summed E-state index contributed by atoms with van der Waals surface area (Å²) in [6, 6.07) is 6.74. The van der Waals surface area contributed by atoms with Crippen LogP contribution in [0.3, 0.4) is 0 Å². The number of hydrogen-bond donors (Lipinski definition) is 5. The Morgan fingerprint density at radius 3 is 2.76 bits per heavy atom. The molecule has 6 heteroatoms. The number of amides is 1. The van der Waals surface area contributed by atoms with Crippen molar-refractivity contribution >= 4 is 11.6 Å². The average molecular weight is 239 g/mol. The molecule has 6 N–H and O–H groups in total. The number of carbonyl (C=O) groups excluding carboxylic acids is 1. The van der Waals surface area contributed by atoms with Gasteiger partial charge in [-0.15, -0.1) is 0 Å². The number of carbonyl (C=O) groups is 1. The van der Waals surface area contributed by atoms with Gasteiger partial charge in [-0.25, -0.2) is 0 Å². The van der Waals surface area contributed by atoms with Gasteiger partial charge in [-0.3, -0.25) is 10.6 Å². The minimum Gasteiger partial charge on any atom is -0.388 e. The maximum atomic E-state index is 10.7. The highest BCUT2D eigenvalue weighted by Gasteiger charge is 2.18. The van der Waals surface area contributed by atoms with Crippen LogP contribution in [0.2, 0.25) is 0 Å². The van der Waals surface area contributed by atoms with Crippen molar-refractivity contribution in [3.05, 3.63) is 29.8 Å². The Labute approximate surface area is 99.4 Å². The summed E-state index contributed by atoms with van der Waals surface area (Å²) in [4.78, 5) is 10.7. The quantitative estimate of drug-likeness (QED) is 0.352. The second-order valence-electron chi connectivity index (χ2n) is 3.72. The summed E-state index contributed by atoms with van der Waals surface area (Å²) >= 11 is 0. The lowest BCUT2D eigenvalue weighted by Crippen LogP contribution is -2.34. The molecule has 0 saturated heterocycles. The molecule has 0 aliphatic rings. The average Bonchev–Trinajstić information content (AvgIpc) is 2.35. The number of aliphatic hydroxyl groups is 2. The fourth-order valence-corrected chi connectivity index (χ4v) is 1.39. The molecule has 1 aromatic carbocycles. The molecule has 6 nitrogen and oxygen atoms in total. The first-order valence-corrected chi connectivity index (χ1v) is 5.21. The van der Waals surface area contributed by atoms with Crippen molar-refractivity contribution in [2.45, 2.75) is 19.1 Å². The molecule has 0 heterocycles. The maximum absolute atomic E-state index is 10.7. The van der Waals surface area contributed by atoms with Crippen LogP contribution in [0.15, 0.2) is 24.3 Å². The van der Waals surface area contributed by atoms with Gasteiger partial charge >= 0.3 is 0 Å². The number of rotatable bonds is 5. The Morgan fingerprint density at radius 2 is 2.18 bits per heavy atom. The van der Waals surface area contributed by atoms with E-state index >= 15 is 0 Å². The Kier molecular flexibility index (Phi) is 4.89. The molecule has 1 aromatic rings. The Bertz CT molecular complexity index is 384. The molecule has 1 amide bonds. The number of anilines is 1. The Morgan fingerprint density at radius 1 is 1.47 bits per heavy atom. The van der Waals surface area contributed by atoms with Crippen LogP contribution in [0.25, 0.3) is 0 Å². The number of nitrogen functional groups attached to an aromatic ring is 1. The third-order valence-electron chi connectivity index (χ3n) is 2.32. The van der Waals surface area contributed by atoms with Crippen LogP contribution in [0.5, 0.6) is 0 Å². The predicted octanol–water partition coefficient (Wildman–Crippen LogP) is -0.497. The molecule has 0 saturated carbocycles. The van der Waals surface area contributed by atoms with E-state index in [1.54, 1.807) is 24.3 Å². The largest absolute Gasteiger partial charge is 0.388 e. The van der Waals surface area contributed by atoms with E-state index in [-0.39, 0.29) is 12.5 Å². The van der Waals surface area contributed by atoms with Crippen LogP contribution in [0, 0.1) is 0 Å². The SMILES string of the molecule is CC(=O)NCC(O)C(O)c1cccc(NN)c1. The molecule has 0 bridgehead atoms. The van der Waals surface area contributed by atoms with Crippen LogP contribution in [-0.2, 0) is 4.79 Å². The third kappa shape index (κ3) is 4.03. The first-order chi connectivity index (χ1) is 8.04. The van der Waals surface area contributed by atoms with Gasteiger partial charge in [-0.2, -0.15) is 0 Å². The number of nitrogens with two attached hydrogens (primary N) is 1. The number of aliphatic hydroxyl groups excluding tert-OH is 2. The number of benzene rings is 1. The fourth-order valence-electron chi connectivity index (χ4n) is 1.39. The third-order valence-corrected chi connectivity index (χ3v) is 2.32. The summed E-state index contributed by atoms with van der Waals surface area (Å²) in [6.45, 7) is 1.34. The highest BCUT2D eigenvalue weighted by atomic mass is 16.3. The predicted molar refractivity (Wildman–Crippen MR) is 63.9 cm³/mol. The van der Waals surface area contributed by atoms with Gasteiger partial charge in [0.15, 0.2) is 0 Å². The van der Waals surface area contributed by atoms with Crippen LogP contribution in [0.4, 0.5) is 5.69 Å². The zero-order valence-corrected chi connectivity index (χ0v) is 9.55. The van der Waals surface area contributed by atoms with Crippen molar-refractivity contribution in [2.24, 2.45) is 5.84 Å². The van der Waals surface area contributed by atoms with E-state index in [9.17, 15) is 15.0 Å². The van der Waals surface area contributed by atoms with Gasteiger partial charge < -0.3 is 21.0 Å². The molecule has 17 heavy (non-hydrogen) atoms. The molecule has 0 aromatic heterocycles.